The fourth-order valence-corrected chi connectivity index (χ4v) is 3.86. The van der Waals surface area contributed by atoms with Gasteiger partial charge in [0.1, 0.15) is 11.6 Å². The van der Waals surface area contributed by atoms with Crippen LogP contribution in [0.25, 0.3) is 0 Å². The number of carbonyl (C=O) groups is 3. The second-order valence-corrected chi connectivity index (χ2v) is 8.53. The quantitative estimate of drug-likeness (QED) is 0.472. The topological polar surface area (TPSA) is 105 Å². The minimum Gasteiger partial charge on any atom is -0.490 e. The zero-order valence-corrected chi connectivity index (χ0v) is 19.1. The van der Waals surface area contributed by atoms with E-state index in [1.165, 1.54) is 30.3 Å². The Morgan fingerprint density at radius 2 is 1.61 bits per heavy atom. The zero-order chi connectivity index (χ0) is 24.0. The van der Waals surface area contributed by atoms with E-state index < -0.39 is 17.7 Å². The lowest BCUT2D eigenvalue weighted by atomic mass is 9.87. The first kappa shape index (κ1) is 24.8. The van der Waals surface area contributed by atoms with E-state index in [1.807, 2.05) is 0 Å². The molecule has 176 valence electrons. The van der Waals surface area contributed by atoms with Gasteiger partial charge in [-0.3, -0.25) is 14.4 Å². The average molecular weight is 497 g/mol. The second-order valence-electron chi connectivity index (χ2n) is 7.71. The Morgan fingerprint density at radius 3 is 2.21 bits per heavy atom. The summed E-state index contributed by atoms with van der Waals surface area (Å²) in [5.74, 6) is -2.61. The van der Waals surface area contributed by atoms with Crippen LogP contribution in [0.5, 0.6) is 5.75 Å². The van der Waals surface area contributed by atoms with Crippen LogP contribution in [0.3, 0.4) is 0 Å². The van der Waals surface area contributed by atoms with E-state index in [9.17, 15) is 18.8 Å². The Kier molecular flexibility index (Phi) is 8.52. The SMILES string of the molecule is O=C(NCCNC(=O)c1ccc(OC2CCC(C(=O)O)CC2)cc1F)c1ccc(Cl)c(Cl)c1. The van der Waals surface area contributed by atoms with E-state index in [4.69, 9.17) is 33.0 Å². The van der Waals surface area contributed by atoms with Crippen LogP contribution in [0, 0.1) is 11.7 Å². The Balaban J connectivity index is 1.45. The predicted molar refractivity (Wildman–Crippen MR) is 122 cm³/mol. The van der Waals surface area contributed by atoms with Gasteiger partial charge in [-0.2, -0.15) is 0 Å². The highest BCUT2D eigenvalue weighted by Gasteiger charge is 2.27. The van der Waals surface area contributed by atoms with Gasteiger partial charge >= 0.3 is 5.97 Å². The Hall–Kier alpha value is -2.84. The van der Waals surface area contributed by atoms with Crippen molar-refractivity contribution in [2.24, 2.45) is 5.92 Å². The van der Waals surface area contributed by atoms with Gasteiger partial charge in [0.15, 0.2) is 0 Å². The third kappa shape index (κ3) is 6.82. The molecule has 7 nitrogen and oxygen atoms in total. The molecule has 0 saturated heterocycles. The van der Waals surface area contributed by atoms with Gasteiger partial charge < -0.3 is 20.5 Å². The van der Waals surface area contributed by atoms with E-state index in [1.54, 1.807) is 0 Å². The molecule has 0 radical (unpaired) electrons. The highest BCUT2D eigenvalue weighted by Crippen LogP contribution is 2.28. The molecule has 0 spiro atoms. The van der Waals surface area contributed by atoms with Gasteiger partial charge in [0.25, 0.3) is 11.8 Å². The van der Waals surface area contributed by atoms with Gasteiger partial charge in [-0.05, 0) is 56.0 Å². The monoisotopic (exact) mass is 496 g/mol. The maximum atomic E-state index is 14.4. The molecule has 3 rings (SSSR count). The van der Waals surface area contributed by atoms with Gasteiger partial charge in [-0.1, -0.05) is 23.2 Å². The first-order chi connectivity index (χ1) is 15.7. The van der Waals surface area contributed by atoms with E-state index in [-0.39, 0.29) is 47.4 Å². The molecular weight excluding hydrogens is 474 g/mol. The second kappa shape index (κ2) is 11.3. The van der Waals surface area contributed by atoms with Crippen LogP contribution in [0.4, 0.5) is 4.39 Å². The molecule has 0 bridgehead atoms. The van der Waals surface area contributed by atoms with Crippen molar-refractivity contribution < 1.29 is 28.6 Å². The number of nitrogens with one attached hydrogen (secondary N) is 2. The summed E-state index contributed by atoms with van der Waals surface area (Å²) in [6, 6.07) is 8.46. The van der Waals surface area contributed by atoms with E-state index >= 15 is 0 Å². The highest BCUT2D eigenvalue weighted by atomic mass is 35.5. The van der Waals surface area contributed by atoms with Crippen LogP contribution >= 0.6 is 23.2 Å². The van der Waals surface area contributed by atoms with Crippen LogP contribution in [0.1, 0.15) is 46.4 Å². The van der Waals surface area contributed by atoms with Crippen molar-refractivity contribution in [1.29, 1.82) is 0 Å². The number of rotatable bonds is 8. The summed E-state index contributed by atoms with van der Waals surface area (Å²) >= 11 is 11.7. The Morgan fingerprint density at radius 1 is 0.939 bits per heavy atom. The standard InChI is InChI=1S/C23H23Cl2FN2O5/c24-18-8-3-14(11-19(18)25)21(29)27-9-10-28-22(30)17-7-6-16(12-20(17)26)33-15-4-1-13(2-5-15)23(31)32/h3,6-8,11-13,15H,1-2,4-5,9-10H2,(H,27,29)(H,28,30)(H,31,32). The lowest BCUT2D eigenvalue weighted by molar-refractivity contribution is -0.143. The van der Waals surface area contributed by atoms with Gasteiger partial charge in [0.2, 0.25) is 0 Å². The Labute approximate surface area is 200 Å². The van der Waals surface area contributed by atoms with Crippen molar-refractivity contribution in [1.82, 2.24) is 10.6 Å². The number of hydrogen-bond donors (Lipinski definition) is 3. The van der Waals surface area contributed by atoms with E-state index in [0.29, 0.717) is 36.3 Å². The molecule has 10 heteroatoms. The number of aliphatic carboxylic acids is 1. The van der Waals surface area contributed by atoms with Crippen molar-refractivity contribution in [3.05, 3.63) is 63.4 Å². The van der Waals surface area contributed by atoms with Crippen molar-refractivity contribution in [3.8, 4) is 5.75 Å². The van der Waals surface area contributed by atoms with Gasteiger partial charge in [0, 0.05) is 24.7 Å². The van der Waals surface area contributed by atoms with E-state index in [2.05, 4.69) is 10.6 Å². The fraction of sp³-hybridized carbons (Fsp3) is 0.348. The fourth-order valence-electron chi connectivity index (χ4n) is 3.56. The van der Waals surface area contributed by atoms with Crippen LogP contribution in [0.2, 0.25) is 10.0 Å². The van der Waals surface area contributed by atoms with Gasteiger partial charge in [-0.15, -0.1) is 0 Å². The molecule has 33 heavy (non-hydrogen) atoms. The number of hydrogen-bond acceptors (Lipinski definition) is 4. The molecule has 1 fully saturated rings. The summed E-state index contributed by atoms with van der Waals surface area (Å²) in [4.78, 5) is 35.4. The molecule has 2 amide bonds. The normalized spacial score (nSPS) is 17.8. The number of benzene rings is 2. The lowest BCUT2D eigenvalue weighted by Gasteiger charge is -2.26. The summed E-state index contributed by atoms with van der Waals surface area (Å²) < 4.78 is 20.2. The summed E-state index contributed by atoms with van der Waals surface area (Å²) in [7, 11) is 0. The maximum absolute atomic E-state index is 14.4. The van der Waals surface area contributed by atoms with Gasteiger partial charge in [-0.25, -0.2) is 4.39 Å². The third-order valence-corrected chi connectivity index (χ3v) is 6.13. The number of carboxylic acid groups (broad SMARTS) is 1. The molecule has 0 aliphatic heterocycles. The highest BCUT2D eigenvalue weighted by molar-refractivity contribution is 6.42. The number of carbonyl (C=O) groups excluding carboxylic acids is 2. The number of ether oxygens (including phenoxy) is 1. The summed E-state index contributed by atoms with van der Waals surface area (Å²) in [6.45, 7) is 0.225. The predicted octanol–water partition coefficient (Wildman–Crippen LogP) is 4.31. The van der Waals surface area contributed by atoms with Crippen LogP contribution in [0.15, 0.2) is 36.4 Å². The summed E-state index contributed by atoms with van der Waals surface area (Å²) in [5.41, 5.74) is 0.182. The molecule has 1 saturated carbocycles. The lowest BCUT2D eigenvalue weighted by Crippen LogP contribution is -2.35. The molecule has 3 N–H and O–H groups in total. The Bertz CT molecular complexity index is 1040. The van der Waals surface area contributed by atoms with Crippen molar-refractivity contribution in [3.63, 3.8) is 0 Å². The van der Waals surface area contributed by atoms with Crippen molar-refractivity contribution in [2.45, 2.75) is 31.8 Å². The molecule has 0 unspecified atom stereocenters. The third-order valence-electron chi connectivity index (χ3n) is 5.39. The molecule has 1 aliphatic rings. The number of halogens is 3. The largest absolute Gasteiger partial charge is 0.490 e. The van der Waals surface area contributed by atoms with Crippen molar-refractivity contribution >= 4 is 41.0 Å². The molecule has 0 heterocycles. The minimum absolute atomic E-state index is 0.0937. The van der Waals surface area contributed by atoms with Crippen molar-refractivity contribution in [2.75, 3.05) is 13.1 Å². The molecule has 0 aromatic heterocycles. The number of amides is 2. The molecule has 1 aliphatic carbocycles. The van der Waals surface area contributed by atoms with Gasteiger partial charge in [0.05, 0.1) is 27.6 Å². The molecule has 2 aromatic carbocycles. The maximum Gasteiger partial charge on any atom is 0.306 e. The molecule has 2 aromatic rings. The first-order valence-electron chi connectivity index (χ1n) is 10.4. The molecule has 0 atom stereocenters. The summed E-state index contributed by atoms with van der Waals surface area (Å²) in [5, 5.41) is 14.8. The first-order valence-corrected chi connectivity index (χ1v) is 11.2. The molecular formula is C23H23Cl2FN2O5. The van der Waals surface area contributed by atoms with Crippen LogP contribution < -0.4 is 15.4 Å². The average Bonchev–Trinajstić information content (AvgIpc) is 2.78. The number of carboxylic acids is 1. The van der Waals surface area contributed by atoms with Crippen LogP contribution in [-0.2, 0) is 4.79 Å². The zero-order valence-electron chi connectivity index (χ0n) is 17.6. The van der Waals surface area contributed by atoms with Crippen LogP contribution in [-0.4, -0.2) is 42.1 Å². The minimum atomic E-state index is -0.802. The summed E-state index contributed by atoms with van der Waals surface area (Å²) in [6.07, 6.45) is 2.01. The van der Waals surface area contributed by atoms with E-state index in [0.717, 1.165) is 6.07 Å². The smallest absolute Gasteiger partial charge is 0.306 e.